The lowest BCUT2D eigenvalue weighted by Crippen LogP contribution is -2.43. The van der Waals surface area contributed by atoms with E-state index in [9.17, 15) is 9.59 Å². The lowest BCUT2D eigenvalue weighted by Gasteiger charge is -2.32. The van der Waals surface area contributed by atoms with Crippen molar-refractivity contribution in [3.8, 4) is 5.75 Å². The first-order valence-corrected chi connectivity index (χ1v) is 16.4. The molecule has 2 aliphatic heterocycles. The first-order valence-electron chi connectivity index (χ1n) is 14.4. The van der Waals surface area contributed by atoms with Gasteiger partial charge in [-0.2, -0.15) is 0 Å². The zero-order valence-corrected chi connectivity index (χ0v) is 27.1. The average molecular weight is 666 g/mol. The molecule has 0 radical (unpaired) electrons. The Bertz CT molecular complexity index is 1420. The van der Waals surface area contributed by atoms with E-state index < -0.39 is 11.8 Å². The van der Waals surface area contributed by atoms with E-state index in [2.05, 4.69) is 37.4 Å². The number of hydrogen-bond donors (Lipinski definition) is 2. The van der Waals surface area contributed by atoms with Gasteiger partial charge in [-0.1, -0.05) is 34.8 Å². The fourth-order valence-electron chi connectivity index (χ4n) is 5.17. The standard InChI is InChI=1S/C30H35Cl3N6O3S/c1-37-10-12-39(13-11-37)18-20-19-43-28(26(20)33)30(41)36-27-23(29(40)35-25-6-5-21(31)17-34-25)15-22(32)16-24(27)42-14-4-9-38-7-2-3-8-38/h5-6,15-17,19H,2-4,7-14,18H2,1H3,(H,36,41)(H,34,35,40). The summed E-state index contributed by atoms with van der Waals surface area (Å²) in [6, 6.07) is 6.32. The van der Waals surface area contributed by atoms with Crippen LogP contribution in [0.2, 0.25) is 15.1 Å². The number of likely N-dealkylation sites (N-methyl/N-ethyl adjacent to an activating group) is 1. The van der Waals surface area contributed by atoms with Gasteiger partial charge >= 0.3 is 0 Å². The molecule has 3 aromatic rings. The van der Waals surface area contributed by atoms with Crippen LogP contribution >= 0.6 is 46.1 Å². The first kappa shape index (κ1) is 32.0. The lowest BCUT2D eigenvalue weighted by molar-refractivity contribution is 0.102. The Kier molecular flexibility index (Phi) is 11.2. The molecule has 43 heavy (non-hydrogen) atoms. The Labute approximate surface area is 271 Å². The van der Waals surface area contributed by atoms with Crippen molar-refractivity contribution in [2.45, 2.75) is 25.8 Å². The minimum atomic E-state index is -0.512. The smallest absolute Gasteiger partial charge is 0.267 e. The van der Waals surface area contributed by atoms with E-state index >= 15 is 0 Å². The highest BCUT2D eigenvalue weighted by molar-refractivity contribution is 7.13. The quantitative estimate of drug-likeness (QED) is 0.235. The largest absolute Gasteiger partial charge is 0.491 e. The number of hydrogen-bond acceptors (Lipinski definition) is 8. The van der Waals surface area contributed by atoms with Crippen molar-refractivity contribution in [3.63, 3.8) is 0 Å². The lowest BCUT2D eigenvalue weighted by atomic mass is 10.1. The van der Waals surface area contributed by atoms with Crippen molar-refractivity contribution in [1.82, 2.24) is 19.7 Å². The van der Waals surface area contributed by atoms with Gasteiger partial charge in [0.05, 0.1) is 27.9 Å². The molecular formula is C30H35Cl3N6O3S. The number of aromatic nitrogens is 1. The third-order valence-electron chi connectivity index (χ3n) is 7.59. The molecule has 0 atom stereocenters. The maximum Gasteiger partial charge on any atom is 0.267 e. The number of benzene rings is 1. The summed E-state index contributed by atoms with van der Waals surface area (Å²) in [4.78, 5) is 38.6. The second-order valence-electron chi connectivity index (χ2n) is 10.8. The molecule has 1 aromatic carbocycles. The number of carbonyl (C=O) groups excluding carboxylic acids is 2. The van der Waals surface area contributed by atoms with Crippen molar-refractivity contribution in [1.29, 1.82) is 0 Å². The van der Waals surface area contributed by atoms with Crippen LogP contribution in [-0.2, 0) is 6.54 Å². The van der Waals surface area contributed by atoms with Gasteiger partial charge in [-0.15, -0.1) is 11.3 Å². The molecule has 2 saturated heterocycles. The van der Waals surface area contributed by atoms with E-state index in [-0.39, 0.29) is 11.3 Å². The molecule has 4 heterocycles. The van der Waals surface area contributed by atoms with Crippen LogP contribution in [0, 0.1) is 0 Å². The molecule has 2 amide bonds. The van der Waals surface area contributed by atoms with Gasteiger partial charge in [0.2, 0.25) is 0 Å². The van der Waals surface area contributed by atoms with Crippen molar-refractivity contribution in [2.75, 3.05) is 70.1 Å². The van der Waals surface area contributed by atoms with Gasteiger partial charge in [0.15, 0.2) is 0 Å². The van der Waals surface area contributed by atoms with Gasteiger partial charge < -0.3 is 25.2 Å². The monoisotopic (exact) mass is 664 g/mol. The van der Waals surface area contributed by atoms with Gasteiger partial charge in [-0.3, -0.25) is 14.5 Å². The minimum Gasteiger partial charge on any atom is -0.491 e. The first-order chi connectivity index (χ1) is 20.8. The Morgan fingerprint density at radius 1 is 0.953 bits per heavy atom. The molecule has 0 spiro atoms. The SMILES string of the molecule is CN1CCN(Cc2csc(C(=O)Nc3c(OCCCN4CCCC4)cc(Cl)cc3C(=O)Nc3ccc(Cl)cn3)c2Cl)CC1. The van der Waals surface area contributed by atoms with E-state index in [1.165, 1.54) is 36.4 Å². The van der Waals surface area contributed by atoms with Crippen molar-refractivity contribution >= 4 is 69.5 Å². The molecule has 9 nitrogen and oxygen atoms in total. The van der Waals surface area contributed by atoms with Crippen LogP contribution in [0.25, 0.3) is 0 Å². The fraction of sp³-hybridized carbons (Fsp3) is 0.433. The van der Waals surface area contributed by atoms with Gasteiger partial charge in [0.25, 0.3) is 11.8 Å². The van der Waals surface area contributed by atoms with Crippen molar-refractivity contribution < 1.29 is 14.3 Å². The normalized spacial score (nSPS) is 16.4. The van der Waals surface area contributed by atoms with Gasteiger partial charge in [0.1, 0.15) is 16.4 Å². The van der Waals surface area contributed by atoms with Crippen LogP contribution in [0.3, 0.4) is 0 Å². The maximum absolute atomic E-state index is 13.6. The zero-order valence-electron chi connectivity index (χ0n) is 24.0. The summed E-state index contributed by atoms with van der Waals surface area (Å²) in [6.45, 7) is 8.03. The molecule has 0 unspecified atom stereocenters. The summed E-state index contributed by atoms with van der Waals surface area (Å²) in [6.07, 6.45) is 4.66. The van der Waals surface area contributed by atoms with Crippen LogP contribution in [0.1, 0.15) is 44.9 Å². The summed E-state index contributed by atoms with van der Waals surface area (Å²) in [5.74, 6) is -0.332. The van der Waals surface area contributed by atoms with E-state index in [4.69, 9.17) is 39.5 Å². The summed E-state index contributed by atoms with van der Waals surface area (Å²) >= 11 is 20.4. The number of halogens is 3. The second-order valence-corrected chi connectivity index (χ2v) is 13.0. The second kappa shape index (κ2) is 15.0. The van der Waals surface area contributed by atoms with E-state index in [1.807, 2.05) is 5.38 Å². The summed E-state index contributed by atoms with van der Waals surface area (Å²) in [5.41, 5.74) is 1.26. The Hall–Kier alpha value is -2.44. The molecule has 13 heteroatoms. The highest BCUT2D eigenvalue weighted by Crippen LogP contribution is 2.36. The molecule has 2 fully saturated rings. The van der Waals surface area contributed by atoms with Crippen LogP contribution < -0.4 is 15.4 Å². The number of carbonyl (C=O) groups is 2. The molecular weight excluding hydrogens is 631 g/mol. The molecule has 5 rings (SSSR count). The Balaban J connectivity index is 1.36. The molecule has 0 bridgehead atoms. The van der Waals surface area contributed by atoms with Gasteiger partial charge in [-0.25, -0.2) is 4.98 Å². The minimum absolute atomic E-state index is 0.137. The number of likely N-dealkylation sites (tertiary alicyclic amines) is 1. The summed E-state index contributed by atoms with van der Waals surface area (Å²) < 4.78 is 6.14. The van der Waals surface area contributed by atoms with Crippen molar-refractivity contribution in [3.05, 3.63) is 66.9 Å². The molecule has 2 N–H and O–H groups in total. The molecule has 2 aromatic heterocycles. The van der Waals surface area contributed by atoms with Crippen LogP contribution in [0.4, 0.5) is 11.5 Å². The number of nitrogens with zero attached hydrogens (tertiary/aromatic N) is 4. The number of pyridine rings is 1. The topological polar surface area (TPSA) is 90.0 Å². The third kappa shape index (κ3) is 8.60. The van der Waals surface area contributed by atoms with Crippen LogP contribution in [0.5, 0.6) is 5.75 Å². The summed E-state index contributed by atoms with van der Waals surface area (Å²) in [7, 11) is 2.11. The Morgan fingerprint density at radius 3 is 2.44 bits per heavy atom. The van der Waals surface area contributed by atoms with Gasteiger partial charge in [0, 0.05) is 56.6 Å². The molecule has 2 aliphatic rings. The van der Waals surface area contributed by atoms with E-state index in [1.54, 1.807) is 18.2 Å². The van der Waals surface area contributed by atoms with Crippen LogP contribution in [0.15, 0.2) is 35.8 Å². The molecule has 230 valence electrons. The zero-order chi connectivity index (χ0) is 30.3. The van der Waals surface area contributed by atoms with E-state index in [0.29, 0.717) is 44.7 Å². The van der Waals surface area contributed by atoms with Crippen LogP contribution in [-0.4, -0.2) is 91.0 Å². The summed E-state index contributed by atoms with van der Waals surface area (Å²) in [5, 5.41) is 8.74. The molecule has 0 saturated carbocycles. The maximum atomic E-state index is 13.6. The predicted molar refractivity (Wildman–Crippen MR) is 174 cm³/mol. The number of nitrogens with one attached hydrogen (secondary N) is 2. The average Bonchev–Trinajstić information content (AvgIpc) is 3.64. The number of rotatable bonds is 11. The fourth-order valence-corrected chi connectivity index (χ4v) is 6.73. The van der Waals surface area contributed by atoms with Crippen molar-refractivity contribution in [2.24, 2.45) is 0 Å². The predicted octanol–water partition coefficient (Wildman–Crippen LogP) is 6.22. The highest BCUT2D eigenvalue weighted by Gasteiger charge is 2.25. The number of thiophene rings is 1. The van der Waals surface area contributed by atoms with E-state index in [0.717, 1.165) is 57.8 Å². The number of piperazine rings is 1. The number of anilines is 2. The highest BCUT2D eigenvalue weighted by atomic mass is 35.5. The van der Waals surface area contributed by atoms with Gasteiger partial charge in [-0.05, 0) is 68.5 Å². The number of amides is 2. The molecule has 0 aliphatic carbocycles. The third-order valence-corrected chi connectivity index (χ3v) is 9.60. The number of ether oxygens (including phenoxy) is 1. The Morgan fingerprint density at radius 2 is 1.72 bits per heavy atom.